The normalized spacial score (nSPS) is 30.3. The summed E-state index contributed by atoms with van der Waals surface area (Å²) >= 11 is 0. The molecule has 1 fully saturated rings. The molecule has 0 aliphatic heterocycles. The molecule has 2 heteroatoms. The summed E-state index contributed by atoms with van der Waals surface area (Å²) in [5, 5.41) is 3.67. The number of ether oxygens (including phenoxy) is 1. The van der Waals surface area contributed by atoms with E-state index in [0.717, 1.165) is 19.1 Å². The van der Waals surface area contributed by atoms with Crippen molar-refractivity contribution < 1.29 is 4.74 Å². The largest absolute Gasteiger partial charge is 0.376 e. The zero-order chi connectivity index (χ0) is 13.4. The molecule has 1 saturated carbocycles. The molecule has 0 amide bonds. The molecule has 4 unspecified atom stereocenters. The molecule has 0 radical (unpaired) electrons. The molecule has 4 atom stereocenters. The van der Waals surface area contributed by atoms with E-state index < -0.39 is 0 Å². The van der Waals surface area contributed by atoms with Gasteiger partial charge in [0, 0.05) is 12.6 Å². The molecular weight excluding hydrogens is 222 g/mol. The molecule has 1 aliphatic carbocycles. The van der Waals surface area contributed by atoms with Crippen LogP contribution in [0.15, 0.2) is 0 Å². The number of hydrogen-bond acceptors (Lipinski definition) is 2. The molecule has 0 spiro atoms. The molecule has 0 heterocycles. The van der Waals surface area contributed by atoms with Gasteiger partial charge in [0.25, 0.3) is 0 Å². The van der Waals surface area contributed by atoms with Crippen LogP contribution in [0, 0.1) is 11.8 Å². The highest BCUT2D eigenvalue weighted by Gasteiger charge is 2.29. The summed E-state index contributed by atoms with van der Waals surface area (Å²) in [6.07, 6.45) is 8.09. The predicted molar refractivity (Wildman–Crippen MR) is 78.9 cm³/mol. The van der Waals surface area contributed by atoms with E-state index in [1.165, 1.54) is 38.5 Å². The van der Waals surface area contributed by atoms with Gasteiger partial charge in [-0.1, -0.05) is 34.1 Å². The summed E-state index contributed by atoms with van der Waals surface area (Å²) in [4.78, 5) is 0. The van der Waals surface area contributed by atoms with E-state index in [1.807, 2.05) is 0 Å². The van der Waals surface area contributed by atoms with Crippen molar-refractivity contribution in [3.63, 3.8) is 0 Å². The lowest BCUT2D eigenvalue weighted by Crippen LogP contribution is -2.46. The topological polar surface area (TPSA) is 21.3 Å². The van der Waals surface area contributed by atoms with Crippen molar-refractivity contribution in [2.75, 3.05) is 13.2 Å². The highest BCUT2D eigenvalue weighted by atomic mass is 16.5. The van der Waals surface area contributed by atoms with Gasteiger partial charge in [0.1, 0.15) is 0 Å². The van der Waals surface area contributed by atoms with Gasteiger partial charge < -0.3 is 10.1 Å². The minimum absolute atomic E-state index is 0.444. The van der Waals surface area contributed by atoms with Gasteiger partial charge in [0.15, 0.2) is 0 Å². The van der Waals surface area contributed by atoms with E-state index in [2.05, 4.69) is 33.0 Å². The monoisotopic (exact) mass is 255 g/mol. The standard InChI is InChI=1S/C16H33NO/c1-5-7-14(4)12-18-16-11-13(3)8-9-15(16)17-10-6-2/h13-17H,5-12H2,1-4H3. The second-order valence-electron chi connectivity index (χ2n) is 6.24. The number of nitrogens with one attached hydrogen (secondary N) is 1. The summed E-state index contributed by atoms with van der Waals surface area (Å²) in [5.41, 5.74) is 0. The van der Waals surface area contributed by atoms with Gasteiger partial charge in [0.2, 0.25) is 0 Å². The average molecular weight is 255 g/mol. The fourth-order valence-corrected chi connectivity index (χ4v) is 2.94. The van der Waals surface area contributed by atoms with E-state index in [4.69, 9.17) is 4.74 Å². The van der Waals surface area contributed by atoms with Gasteiger partial charge >= 0.3 is 0 Å². The summed E-state index contributed by atoms with van der Waals surface area (Å²) < 4.78 is 6.21. The Balaban J connectivity index is 2.35. The molecule has 0 aromatic heterocycles. The van der Waals surface area contributed by atoms with Gasteiger partial charge in [-0.25, -0.2) is 0 Å². The third kappa shape index (κ3) is 5.71. The van der Waals surface area contributed by atoms with Crippen molar-refractivity contribution in [2.45, 2.75) is 78.4 Å². The summed E-state index contributed by atoms with van der Waals surface area (Å²) in [7, 11) is 0. The maximum atomic E-state index is 6.21. The van der Waals surface area contributed by atoms with Crippen molar-refractivity contribution in [1.82, 2.24) is 5.32 Å². The Morgan fingerprint density at radius 1 is 1.22 bits per heavy atom. The van der Waals surface area contributed by atoms with Crippen LogP contribution in [0.25, 0.3) is 0 Å². The zero-order valence-electron chi connectivity index (χ0n) is 12.9. The highest BCUT2D eigenvalue weighted by Crippen LogP contribution is 2.27. The van der Waals surface area contributed by atoms with Gasteiger partial charge in [0.05, 0.1) is 6.10 Å². The fourth-order valence-electron chi connectivity index (χ4n) is 2.94. The lowest BCUT2D eigenvalue weighted by atomic mass is 9.85. The van der Waals surface area contributed by atoms with Crippen LogP contribution in [0.4, 0.5) is 0 Å². The Bertz CT molecular complexity index is 205. The van der Waals surface area contributed by atoms with E-state index in [1.54, 1.807) is 0 Å². The van der Waals surface area contributed by atoms with Crippen LogP contribution in [-0.2, 0) is 4.74 Å². The van der Waals surface area contributed by atoms with Gasteiger partial charge in [-0.05, 0) is 50.5 Å². The van der Waals surface area contributed by atoms with Gasteiger partial charge in [-0.2, -0.15) is 0 Å². The first-order chi connectivity index (χ1) is 8.67. The summed E-state index contributed by atoms with van der Waals surface area (Å²) in [6, 6.07) is 0.593. The smallest absolute Gasteiger partial charge is 0.0730 e. The molecule has 0 bridgehead atoms. The Kier molecular flexibility index (Phi) is 7.92. The maximum Gasteiger partial charge on any atom is 0.0730 e. The maximum absolute atomic E-state index is 6.21. The first kappa shape index (κ1) is 16.0. The van der Waals surface area contributed by atoms with Crippen LogP contribution < -0.4 is 5.32 Å². The molecule has 108 valence electrons. The molecule has 2 nitrogen and oxygen atoms in total. The molecular formula is C16H33NO. The Morgan fingerprint density at radius 3 is 2.67 bits per heavy atom. The molecule has 1 aliphatic rings. The number of hydrogen-bond donors (Lipinski definition) is 1. The third-order valence-electron chi connectivity index (χ3n) is 4.09. The van der Waals surface area contributed by atoms with Crippen LogP contribution in [0.2, 0.25) is 0 Å². The molecule has 0 aromatic rings. The van der Waals surface area contributed by atoms with Gasteiger partial charge in [-0.15, -0.1) is 0 Å². The van der Waals surface area contributed by atoms with Crippen LogP contribution in [-0.4, -0.2) is 25.3 Å². The van der Waals surface area contributed by atoms with E-state index in [-0.39, 0.29) is 0 Å². The first-order valence-electron chi connectivity index (χ1n) is 8.02. The van der Waals surface area contributed by atoms with Crippen LogP contribution >= 0.6 is 0 Å². The summed E-state index contributed by atoms with van der Waals surface area (Å²) in [6.45, 7) is 11.2. The van der Waals surface area contributed by atoms with Crippen molar-refractivity contribution >= 4 is 0 Å². The average Bonchev–Trinajstić information content (AvgIpc) is 2.35. The van der Waals surface area contributed by atoms with Crippen molar-refractivity contribution in [3.05, 3.63) is 0 Å². The van der Waals surface area contributed by atoms with Gasteiger partial charge in [-0.3, -0.25) is 0 Å². The quantitative estimate of drug-likeness (QED) is 0.708. The Labute approximate surface area is 114 Å². The predicted octanol–water partition coefficient (Wildman–Crippen LogP) is 4.00. The highest BCUT2D eigenvalue weighted by molar-refractivity contribution is 4.84. The minimum Gasteiger partial charge on any atom is -0.376 e. The van der Waals surface area contributed by atoms with E-state index in [0.29, 0.717) is 18.1 Å². The first-order valence-corrected chi connectivity index (χ1v) is 8.02. The molecule has 1 N–H and O–H groups in total. The lowest BCUT2D eigenvalue weighted by molar-refractivity contribution is -0.0221. The van der Waals surface area contributed by atoms with E-state index in [9.17, 15) is 0 Å². The van der Waals surface area contributed by atoms with Crippen molar-refractivity contribution in [3.8, 4) is 0 Å². The molecule has 18 heavy (non-hydrogen) atoms. The third-order valence-corrected chi connectivity index (χ3v) is 4.09. The van der Waals surface area contributed by atoms with Crippen molar-refractivity contribution in [2.24, 2.45) is 11.8 Å². The molecule has 0 aromatic carbocycles. The molecule has 0 saturated heterocycles. The SMILES string of the molecule is CCCNC1CCC(C)CC1OCC(C)CCC. The molecule has 1 rings (SSSR count). The second-order valence-corrected chi connectivity index (χ2v) is 6.24. The number of rotatable bonds is 8. The van der Waals surface area contributed by atoms with Crippen LogP contribution in [0.1, 0.15) is 66.2 Å². The summed E-state index contributed by atoms with van der Waals surface area (Å²) in [5.74, 6) is 1.54. The van der Waals surface area contributed by atoms with E-state index >= 15 is 0 Å². The zero-order valence-corrected chi connectivity index (χ0v) is 12.9. The fraction of sp³-hybridized carbons (Fsp3) is 1.00. The van der Waals surface area contributed by atoms with Crippen molar-refractivity contribution in [1.29, 1.82) is 0 Å². The van der Waals surface area contributed by atoms with Crippen LogP contribution in [0.3, 0.4) is 0 Å². The second kappa shape index (κ2) is 8.92. The van der Waals surface area contributed by atoms with Crippen LogP contribution in [0.5, 0.6) is 0 Å². The Morgan fingerprint density at radius 2 is 2.00 bits per heavy atom. The lowest BCUT2D eigenvalue weighted by Gasteiger charge is -2.36. The Hall–Kier alpha value is -0.0800. The minimum atomic E-state index is 0.444.